The molecule has 5 rings (SSSR count). The first-order chi connectivity index (χ1) is 19.2. The molecule has 1 unspecified atom stereocenters. The van der Waals surface area contributed by atoms with Crippen molar-refractivity contribution in [2.24, 2.45) is 7.05 Å². The van der Waals surface area contributed by atoms with Crippen molar-refractivity contribution in [3.63, 3.8) is 0 Å². The van der Waals surface area contributed by atoms with Crippen LogP contribution >= 0.6 is 46.4 Å². The van der Waals surface area contributed by atoms with Crippen LogP contribution in [0.25, 0.3) is 16.9 Å². The second kappa shape index (κ2) is 10.5. The van der Waals surface area contributed by atoms with E-state index in [0.717, 1.165) is 35.6 Å². The van der Waals surface area contributed by atoms with Crippen LogP contribution in [-0.4, -0.2) is 39.1 Å². The zero-order valence-electron chi connectivity index (χ0n) is 21.4. The molecule has 216 valence electrons. The number of alkyl halides is 4. The normalized spacial score (nSPS) is 16.0. The van der Waals surface area contributed by atoms with Gasteiger partial charge in [0.15, 0.2) is 5.82 Å². The standard InChI is InChI=1S/C27H21Cl4F4N5O/c1-36-25(5-6-25)38-23(41)19-7-14(3-4-20(19)30)15-12-37-40(13-15)24-21(31)11-22(39(24)2)26(32,27(33,34)35)16-8-17(28)10-18(29)9-16/h3-4,7-13,36H,5-6H2,1-2H3,(H,38,41). The Kier molecular flexibility index (Phi) is 7.61. The second-order valence-corrected chi connectivity index (χ2v) is 11.4. The van der Waals surface area contributed by atoms with Gasteiger partial charge in [-0.05, 0) is 61.9 Å². The van der Waals surface area contributed by atoms with Crippen molar-refractivity contribution in [1.82, 2.24) is 25.0 Å². The van der Waals surface area contributed by atoms with Gasteiger partial charge < -0.3 is 9.88 Å². The highest BCUT2D eigenvalue weighted by Crippen LogP contribution is 2.50. The molecule has 1 atom stereocenters. The molecule has 1 aliphatic rings. The fourth-order valence-corrected chi connectivity index (χ4v) is 5.72. The van der Waals surface area contributed by atoms with E-state index in [-0.39, 0.29) is 37.4 Å². The Morgan fingerprint density at radius 2 is 1.61 bits per heavy atom. The van der Waals surface area contributed by atoms with E-state index in [1.165, 1.54) is 30.2 Å². The van der Waals surface area contributed by atoms with E-state index in [9.17, 15) is 18.0 Å². The summed E-state index contributed by atoms with van der Waals surface area (Å²) in [5, 5.41) is 9.98. The van der Waals surface area contributed by atoms with Gasteiger partial charge in [0, 0.05) is 34.4 Å². The number of nitrogens with zero attached hydrogens (tertiary/aromatic N) is 3. The van der Waals surface area contributed by atoms with E-state index in [1.807, 2.05) is 0 Å². The van der Waals surface area contributed by atoms with Crippen LogP contribution in [0.5, 0.6) is 0 Å². The van der Waals surface area contributed by atoms with Gasteiger partial charge in [-0.3, -0.25) is 10.1 Å². The summed E-state index contributed by atoms with van der Waals surface area (Å²) >= 11 is 24.5. The molecule has 14 heteroatoms. The van der Waals surface area contributed by atoms with Crippen molar-refractivity contribution in [2.75, 3.05) is 7.05 Å². The number of amides is 1. The Morgan fingerprint density at radius 1 is 0.951 bits per heavy atom. The minimum Gasteiger partial charge on any atom is -0.334 e. The van der Waals surface area contributed by atoms with Gasteiger partial charge in [0.05, 0.1) is 33.2 Å². The Balaban J connectivity index is 1.54. The van der Waals surface area contributed by atoms with Crippen LogP contribution in [0, 0.1) is 0 Å². The lowest BCUT2D eigenvalue weighted by Crippen LogP contribution is -2.46. The molecule has 0 bridgehead atoms. The van der Waals surface area contributed by atoms with Crippen molar-refractivity contribution in [3.05, 3.63) is 91.8 Å². The fourth-order valence-electron chi connectivity index (χ4n) is 4.67. The van der Waals surface area contributed by atoms with Crippen LogP contribution < -0.4 is 10.6 Å². The largest absolute Gasteiger partial charge is 0.432 e. The number of carbonyl (C=O) groups is 1. The van der Waals surface area contributed by atoms with Crippen molar-refractivity contribution >= 4 is 52.3 Å². The zero-order valence-corrected chi connectivity index (χ0v) is 24.4. The molecular formula is C27H21Cl4F4N5O. The number of rotatable bonds is 7. The lowest BCUT2D eigenvalue weighted by molar-refractivity contribution is -0.221. The molecule has 2 heterocycles. The van der Waals surface area contributed by atoms with E-state index in [2.05, 4.69) is 15.7 Å². The van der Waals surface area contributed by atoms with Crippen LogP contribution in [-0.2, 0) is 12.7 Å². The predicted octanol–water partition coefficient (Wildman–Crippen LogP) is 7.71. The first-order valence-electron chi connectivity index (χ1n) is 12.1. The molecule has 1 saturated carbocycles. The Morgan fingerprint density at radius 3 is 2.20 bits per heavy atom. The molecule has 2 N–H and O–H groups in total. The van der Waals surface area contributed by atoms with Gasteiger partial charge >= 0.3 is 6.18 Å². The maximum Gasteiger partial charge on any atom is 0.432 e. The van der Waals surface area contributed by atoms with Gasteiger partial charge in [0.1, 0.15) is 0 Å². The van der Waals surface area contributed by atoms with E-state index < -0.39 is 28.8 Å². The summed E-state index contributed by atoms with van der Waals surface area (Å²) in [7, 11) is 3.00. The third-order valence-corrected chi connectivity index (χ3v) is 8.13. The molecule has 4 aromatic rings. The van der Waals surface area contributed by atoms with Gasteiger partial charge in [-0.25, -0.2) is 9.07 Å². The first-order valence-corrected chi connectivity index (χ1v) is 13.6. The van der Waals surface area contributed by atoms with E-state index in [0.29, 0.717) is 11.1 Å². The highest BCUT2D eigenvalue weighted by atomic mass is 35.5. The monoisotopic (exact) mass is 647 g/mol. The molecule has 2 aromatic heterocycles. The second-order valence-electron chi connectivity index (χ2n) is 9.73. The Bertz CT molecular complexity index is 1640. The van der Waals surface area contributed by atoms with Gasteiger partial charge in [0.2, 0.25) is 0 Å². The molecule has 0 saturated heterocycles. The predicted molar refractivity (Wildman–Crippen MR) is 151 cm³/mol. The van der Waals surface area contributed by atoms with Gasteiger partial charge in [-0.2, -0.15) is 18.3 Å². The lowest BCUT2D eigenvalue weighted by Gasteiger charge is -2.29. The summed E-state index contributed by atoms with van der Waals surface area (Å²) in [4.78, 5) is 12.9. The molecule has 41 heavy (non-hydrogen) atoms. The minimum absolute atomic E-state index is 0.0241. The average molecular weight is 649 g/mol. The molecule has 1 aliphatic carbocycles. The van der Waals surface area contributed by atoms with E-state index in [4.69, 9.17) is 46.4 Å². The molecule has 0 radical (unpaired) electrons. The van der Waals surface area contributed by atoms with E-state index >= 15 is 4.39 Å². The maximum atomic E-state index is 16.3. The first kappa shape index (κ1) is 29.7. The number of carbonyl (C=O) groups excluding carboxylic acids is 1. The molecule has 0 spiro atoms. The fraction of sp³-hybridized carbons (Fsp3) is 0.259. The highest BCUT2D eigenvalue weighted by molar-refractivity contribution is 6.35. The number of benzene rings is 2. The third kappa shape index (κ3) is 5.32. The highest BCUT2D eigenvalue weighted by Gasteiger charge is 2.60. The Hall–Kier alpha value is -2.76. The van der Waals surface area contributed by atoms with Crippen LogP contribution in [0.4, 0.5) is 17.6 Å². The smallest absolute Gasteiger partial charge is 0.334 e. The van der Waals surface area contributed by atoms with E-state index in [1.54, 1.807) is 25.2 Å². The summed E-state index contributed by atoms with van der Waals surface area (Å²) in [6.07, 6.45) is -0.881. The average Bonchev–Trinajstić information content (AvgIpc) is 3.38. The summed E-state index contributed by atoms with van der Waals surface area (Å²) in [5.74, 6) is -0.386. The third-order valence-electron chi connectivity index (χ3n) is 7.09. The van der Waals surface area contributed by atoms with Crippen LogP contribution in [0.15, 0.2) is 54.9 Å². The summed E-state index contributed by atoms with van der Waals surface area (Å²) in [6, 6.07) is 8.64. The molecule has 2 aromatic carbocycles. The zero-order chi connectivity index (χ0) is 29.9. The molecule has 1 fully saturated rings. The van der Waals surface area contributed by atoms with Crippen LogP contribution in [0.1, 0.15) is 34.5 Å². The Labute approximate surface area is 252 Å². The summed E-state index contributed by atoms with van der Waals surface area (Å²) < 4.78 is 61.5. The number of nitrogens with one attached hydrogen (secondary N) is 2. The molecular weight excluding hydrogens is 628 g/mol. The number of hydrogen-bond donors (Lipinski definition) is 2. The SMILES string of the molecule is CNC1(NC(=O)c2cc(-c3cnn(-c4c(Cl)cc(C(F)(c5cc(Cl)cc(Cl)c5)C(F)(F)F)n4C)c3)ccc2Cl)CC1. The molecule has 6 nitrogen and oxygen atoms in total. The van der Waals surface area contributed by atoms with Crippen LogP contribution in [0.2, 0.25) is 20.1 Å². The number of aromatic nitrogens is 3. The molecule has 1 amide bonds. The van der Waals surface area contributed by atoms with Gasteiger partial charge in [-0.1, -0.05) is 52.5 Å². The minimum atomic E-state index is -5.39. The van der Waals surface area contributed by atoms with Crippen molar-refractivity contribution in [2.45, 2.75) is 30.3 Å². The quantitative estimate of drug-likeness (QED) is 0.159. The topological polar surface area (TPSA) is 63.9 Å². The lowest BCUT2D eigenvalue weighted by atomic mass is 9.91. The van der Waals surface area contributed by atoms with Crippen molar-refractivity contribution in [3.8, 4) is 16.9 Å². The summed E-state index contributed by atoms with van der Waals surface area (Å²) in [6.45, 7) is 0. The summed E-state index contributed by atoms with van der Waals surface area (Å²) in [5.41, 5.74) is -4.75. The van der Waals surface area contributed by atoms with Crippen LogP contribution in [0.3, 0.4) is 0 Å². The maximum absolute atomic E-state index is 16.3. The van der Waals surface area contributed by atoms with Crippen molar-refractivity contribution < 1.29 is 22.4 Å². The van der Waals surface area contributed by atoms with Gasteiger partial charge in [-0.15, -0.1) is 0 Å². The van der Waals surface area contributed by atoms with Crippen molar-refractivity contribution in [1.29, 1.82) is 0 Å². The number of hydrogen-bond acceptors (Lipinski definition) is 3. The van der Waals surface area contributed by atoms with Gasteiger partial charge in [0.25, 0.3) is 11.6 Å². The number of halogens is 8. The molecule has 0 aliphatic heterocycles.